The van der Waals surface area contributed by atoms with Gasteiger partial charge in [-0.2, -0.15) is 0 Å². The highest BCUT2D eigenvalue weighted by molar-refractivity contribution is 7.17. The molecule has 0 saturated carbocycles. The number of hydrogen-bond acceptors (Lipinski definition) is 5. The van der Waals surface area contributed by atoms with E-state index in [1.807, 2.05) is 30.3 Å². The molecule has 0 amide bonds. The molecule has 0 spiro atoms. The second kappa shape index (κ2) is 5.64. The van der Waals surface area contributed by atoms with Gasteiger partial charge >= 0.3 is 5.97 Å². The Bertz CT molecular complexity index is 536. The van der Waals surface area contributed by atoms with Gasteiger partial charge in [0.2, 0.25) is 5.88 Å². The molecule has 2 aromatic rings. The Morgan fingerprint density at radius 3 is 2.67 bits per heavy atom. The Kier molecular flexibility index (Phi) is 3.94. The predicted molar refractivity (Wildman–Crippen MR) is 70.1 cm³/mol. The molecule has 0 bridgehead atoms. The molecule has 18 heavy (non-hydrogen) atoms. The van der Waals surface area contributed by atoms with E-state index < -0.39 is 5.97 Å². The molecule has 0 atom stereocenters. The fraction of sp³-hybridized carbons (Fsp3) is 0.231. The highest BCUT2D eigenvalue weighted by Gasteiger charge is 2.20. The van der Waals surface area contributed by atoms with Gasteiger partial charge in [-0.15, -0.1) is 11.3 Å². The number of methoxy groups -OCH3 is 1. The van der Waals surface area contributed by atoms with E-state index in [9.17, 15) is 4.79 Å². The van der Waals surface area contributed by atoms with Crippen LogP contribution in [0.5, 0.6) is 5.88 Å². The van der Waals surface area contributed by atoms with Crippen LogP contribution in [0.15, 0.2) is 30.3 Å². The molecule has 0 unspecified atom stereocenters. The zero-order chi connectivity index (χ0) is 13.0. The molecule has 0 aliphatic carbocycles. The van der Waals surface area contributed by atoms with Crippen molar-refractivity contribution in [1.82, 2.24) is 4.98 Å². The van der Waals surface area contributed by atoms with E-state index in [0.29, 0.717) is 17.4 Å². The highest BCUT2D eigenvalue weighted by atomic mass is 32.1. The Hall–Kier alpha value is -1.88. The van der Waals surface area contributed by atoms with Gasteiger partial charge in [0, 0.05) is 5.56 Å². The van der Waals surface area contributed by atoms with Crippen molar-refractivity contribution in [1.29, 1.82) is 0 Å². The summed E-state index contributed by atoms with van der Waals surface area (Å²) in [6.45, 7) is 2.10. The molecule has 0 fully saturated rings. The van der Waals surface area contributed by atoms with Gasteiger partial charge in [-0.25, -0.2) is 9.78 Å². The standard InChI is InChI=1S/C13H13NO3S/c1-3-17-13(15)10-11(16-2)14-12(18-10)9-7-5-4-6-8-9/h4-8H,3H2,1-2H3. The monoisotopic (exact) mass is 263 g/mol. The zero-order valence-corrected chi connectivity index (χ0v) is 11.0. The average molecular weight is 263 g/mol. The molecule has 1 aromatic carbocycles. The first-order valence-corrected chi connectivity index (χ1v) is 6.35. The van der Waals surface area contributed by atoms with Crippen molar-refractivity contribution in [3.05, 3.63) is 35.2 Å². The van der Waals surface area contributed by atoms with Crippen LogP contribution in [-0.2, 0) is 4.74 Å². The van der Waals surface area contributed by atoms with Crippen LogP contribution in [0.3, 0.4) is 0 Å². The van der Waals surface area contributed by atoms with Gasteiger partial charge in [-0.05, 0) is 6.92 Å². The summed E-state index contributed by atoms with van der Waals surface area (Å²) in [6.07, 6.45) is 0. The lowest BCUT2D eigenvalue weighted by Crippen LogP contribution is -2.04. The lowest BCUT2D eigenvalue weighted by atomic mass is 10.2. The number of rotatable bonds is 4. The number of aromatic nitrogens is 1. The van der Waals surface area contributed by atoms with Gasteiger partial charge in [0.1, 0.15) is 5.01 Å². The summed E-state index contributed by atoms with van der Waals surface area (Å²) in [5.74, 6) is -0.0775. The fourth-order valence-corrected chi connectivity index (χ4v) is 2.41. The van der Waals surface area contributed by atoms with E-state index in [2.05, 4.69) is 4.98 Å². The minimum atomic E-state index is -0.394. The van der Waals surface area contributed by atoms with Gasteiger partial charge in [0.15, 0.2) is 4.88 Å². The second-order valence-electron chi connectivity index (χ2n) is 3.44. The van der Waals surface area contributed by atoms with E-state index in [1.54, 1.807) is 6.92 Å². The summed E-state index contributed by atoms with van der Waals surface area (Å²) in [5.41, 5.74) is 0.955. The molecule has 0 radical (unpaired) electrons. The third kappa shape index (κ3) is 2.51. The maximum atomic E-state index is 11.7. The number of benzene rings is 1. The van der Waals surface area contributed by atoms with Crippen LogP contribution >= 0.6 is 11.3 Å². The largest absolute Gasteiger partial charge is 0.480 e. The van der Waals surface area contributed by atoms with E-state index >= 15 is 0 Å². The van der Waals surface area contributed by atoms with E-state index in [4.69, 9.17) is 9.47 Å². The van der Waals surface area contributed by atoms with Crippen LogP contribution in [-0.4, -0.2) is 24.7 Å². The van der Waals surface area contributed by atoms with Gasteiger partial charge in [0.05, 0.1) is 13.7 Å². The first-order valence-electron chi connectivity index (χ1n) is 5.53. The second-order valence-corrected chi connectivity index (χ2v) is 4.44. The Labute approximate surface area is 109 Å². The van der Waals surface area contributed by atoms with Crippen LogP contribution in [0.2, 0.25) is 0 Å². The van der Waals surface area contributed by atoms with Crippen LogP contribution in [0, 0.1) is 0 Å². The molecule has 4 nitrogen and oxygen atoms in total. The van der Waals surface area contributed by atoms with Gasteiger partial charge in [-0.1, -0.05) is 30.3 Å². The molecular weight excluding hydrogens is 250 g/mol. The lowest BCUT2D eigenvalue weighted by molar-refractivity contribution is 0.0528. The molecule has 2 rings (SSSR count). The van der Waals surface area contributed by atoms with E-state index in [1.165, 1.54) is 18.4 Å². The van der Waals surface area contributed by atoms with Crippen molar-refractivity contribution in [2.24, 2.45) is 0 Å². The SMILES string of the molecule is CCOC(=O)c1sc(-c2ccccc2)nc1OC. The zero-order valence-electron chi connectivity index (χ0n) is 10.2. The number of carbonyl (C=O) groups excluding carboxylic acids is 1. The molecule has 0 aliphatic heterocycles. The number of carbonyl (C=O) groups is 1. The summed E-state index contributed by atoms with van der Waals surface area (Å²) < 4.78 is 10.1. The van der Waals surface area contributed by atoms with Crippen LogP contribution in [0.1, 0.15) is 16.6 Å². The average Bonchev–Trinajstić information content (AvgIpc) is 2.84. The Morgan fingerprint density at radius 1 is 1.33 bits per heavy atom. The Morgan fingerprint density at radius 2 is 2.06 bits per heavy atom. The first-order chi connectivity index (χ1) is 8.76. The van der Waals surface area contributed by atoms with Crippen molar-refractivity contribution < 1.29 is 14.3 Å². The molecule has 0 aliphatic rings. The summed E-state index contributed by atoms with van der Waals surface area (Å²) in [6, 6.07) is 9.65. The lowest BCUT2D eigenvalue weighted by Gasteiger charge is -1.99. The Balaban J connectivity index is 2.38. The number of esters is 1. The number of ether oxygens (including phenoxy) is 2. The van der Waals surface area contributed by atoms with E-state index in [-0.39, 0.29) is 0 Å². The molecule has 0 N–H and O–H groups in total. The first kappa shape index (κ1) is 12.6. The van der Waals surface area contributed by atoms with Crippen molar-refractivity contribution in [2.45, 2.75) is 6.92 Å². The summed E-state index contributed by atoms with van der Waals surface area (Å²) in [7, 11) is 1.49. The number of hydrogen-bond donors (Lipinski definition) is 0. The van der Waals surface area contributed by atoms with Crippen LogP contribution in [0.25, 0.3) is 10.6 Å². The summed E-state index contributed by atoms with van der Waals surface area (Å²) in [5, 5.41) is 0.746. The van der Waals surface area contributed by atoms with Gasteiger partial charge < -0.3 is 9.47 Å². The highest BCUT2D eigenvalue weighted by Crippen LogP contribution is 2.32. The van der Waals surface area contributed by atoms with Gasteiger partial charge in [0.25, 0.3) is 0 Å². The molecule has 5 heteroatoms. The molecule has 0 saturated heterocycles. The normalized spacial score (nSPS) is 10.1. The maximum Gasteiger partial charge on any atom is 0.354 e. The number of nitrogens with zero attached hydrogens (tertiary/aromatic N) is 1. The third-order valence-corrected chi connectivity index (χ3v) is 3.34. The predicted octanol–water partition coefficient (Wildman–Crippen LogP) is 3.00. The smallest absolute Gasteiger partial charge is 0.354 e. The molecule has 1 aromatic heterocycles. The van der Waals surface area contributed by atoms with Crippen molar-refractivity contribution >= 4 is 17.3 Å². The van der Waals surface area contributed by atoms with E-state index in [0.717, 1.165) is 10.6 Å². The van der Waals surface area contributed by atoms with Crippen LogP contribution < -0.4 is 4.74 Å². The maximum absolute atomic E-state index is 11.7. The quantitative estimate of drug-likeness (QED) is 0.796. The minimum absolute atomic E-state index is 0.317. The molecular formula is C13H13NO3S. The summed E-state index contributed by atoms with van der Waals surface area (Å²) >= 11 is 1.27. The van der Waals surface area contributed by atoms with Crippen LogP contribution in [0.4, 0.5) is 0 Å². The molecule has 1 heterocycles. The number of thiazole rings is 1. The minimum Gasteiger partial charge on any atom is -0.480 e. The third-order valence-electron chi connectivity index (χ3n) is 2.27. The summed E-state index contributed by atoms with van der Waals surface area (Å²) in [4.78, 5) is 16.4. The van der Waals surface area contributed by atoms with Crippen molar-refractivity contribution in [3.63, 3.8) is 0 Å². The van der Waals surface area contributed by atoms with Crippen molar-refractivity contribution in [3.8, 4) is 16.5 Å². The van der Waals surface area contributed by atoms with Crippen molar-refractivity contribution in [2.75, 3.05) is 13.7 Å². The van der Waals surface area contributed by atoms with Gasteiger partial charge in [-0.3, -0.25) is 0 Å². The fourth-order valence-electron chi connectivity index (χ4n) is 1.47. The topological polar surface area (TPSA) is 48.4 Å². The molecule has 94 valence electrons.